The van der Waals surface area contributed by atoms with Gasteiger partial charge in [0.15, 0.2) is 5.69 Å². The number of carbonyl (C=O) groups is 1. The minimum absolute atomic E-state index is 0.00956. The largest absolute Gasteiger partial charge is 0.396 e. The molecule has 0 saturated heterocycles. The molecule has 1 amide bonds. The summed E-state index contributed by atoms with van der Waals surface area (Å²) in [6.45, 7) is 0.00956. The second-order valence-corrected chi connectivity index (χ2v) is 5.84. The zero-order valence-corrected chi connectivity index (χ0v) is 14.1. The van der Waals surface area contributed by atoms with Crippen LogP contribution in [0.1, 0.15) is 28.5 Å². The van der Waals surface area contributed by atoms with Crippen LogP contribution in [-0.4, -0.2) is 39.3 Å². The van der Waals surface area contributed by atoms with Crippen LogP contribution < -0.4 is 0 Å². The van der Waals surface area contributed by atoms with Gasteiger partial charge in [0.2, 0.25) is 0 Å². The van der Waals surface area contributed by atoms with E-state index in [0.29, 0.717) is 12.1 Å². The maximum absolute atomic E-state index is 12.8. The average Bonchev–Trinajstić information content (AvgIpc) is 3.16. The number of para-hydroxylation sites is 1. The molecular weight excluding hydrogens is 314 g/mol. The fraction of sp³-hybridized carbons (Fsp3) is 0.200. The molecule has 2 aromatic carbocycles. The second kappa shape index (κ2) is 7.77. The molecule has 0 aliphatic rings. The van der Waals surface area contributed by atoms with Gasteiger partial charge >= 0.3 is 0 Å². The number of hydrogen-bond donors (Lipinski definition) is 1. The Morgan fingerprint density at radius 2 is 1.72 bits per heavy atom. The lowest BCUT2D eigenvalue weighted by Crippen LogP contribution is -2.32. The Kier molecular flexibility index (Phi) is 5.26. The predicted octanol–water partition coefficient (Wildman–Crippen LogP) is 3.07. The molecule has 0 aliphatic heterocycles. The Hall–Kier alpha value is -2.92. The van der Waals surface area contributed by atoms with Crippen molar-refractivity contribution in [2.24, 2.45) is 0 Å². The van der Waals surface area contributed by atoms with Gasteiger partial charge in [0.25, 0.3) is 5.91 Å². The molecule has 3 aromatic rings. The predicted molar refractivity (Wildman–Crippen MR) is 96.5 cm³/mol. The SMILES string of the molecule is CN(C(=O)c1ccn(-c2ccccc2)n1)C(CCO)c1ccccc1. The number of benzene rings is 2. The zero-order valence-electron chi connectivity index (χ0n) is 14.1. The van der Waals surface area contributed by atoms with Crippen LogP contribution in [0.5, 0.6) is 0 Å². The van der Waals surface area contributed by atoms with Gasteiger partial charge in [-0.25, -0.2) is 4.68 Å². The van der Waals surface area contributed by atoms with Gasteiger partial charge in [0, 0.05) is 19.9 Å². The quantitative estimate of drug-likeness (QED) is 0.753. The summed E-state index contributed by atoms with van der Waals surface area (Å²) >= 11 is 0. The van der Waals surface area contributed by atoms with Crippen LogP contribution in [0.15, 0.2) is 72.9 Å². The Morgan fingerprint density at radius 1 is 1.08 bits per heavy atom. The molecule has 1 heterocycles. The maximum Gasteiger partial charge on any atom is 0.274 e. The Morgan fingerprint density at radius 3 is 2.36 bits per heavy atom. The molecule has 5 nitrogen and oxygen atoms in total. The van der Waals surface area contributed by atoms with Gasteiger partial charge in [-0.3, -0.25) is 4.79 Å². The summed E-state index contributed by atoms with van der Waals surface area (Å²) in [5.74, 6) is -0.169. The number of carbonyl (C=O) groups excluding carboxylic acids is 1. The standard InChI is InChI=1S/C20H21N3O2/c1-22(19(13-15-24)16-8-4-2-5-9-16)20(25)18-12-14-23(21-18)17-10-6-3-7-11-17/h2-12,14,19,24H,13,15H2,1H3. The van der Waals surface area contributed by atoms with E-state index in [1.54, 1.807) is 28.9 Å². The first-order valence-electron chi connectivity index (χ1n) is 8.25. The maximum atomic E-state index is 12.8. The van der Waals surface area contributed by atoms with Gasteiger partial charge in [0.05, 0.1) is 11.7 Å². The summed E-state index contributed by atoms with van der Waals surface area (Å²) in [7, 11) is 1.75. The van der Waals surface area contributed by atoms with Crippen molar-refractivity contribution in [2.75, 3.05) is 13.7 Å². The van der Waals surface area contributed by atoms with E-state index in [4.69, 9.17) is 0 Å². The highest BCUT2D eigenvalue weighted by atomic mass is 16.3. The summed E-state index contributed by atoms with van der Waals surface area (Å²) in [6, 6.07) is 20.9. The van der Waals surface area contributed by atoms with Gasteiger partial charge < -0.3 is 10.0 Å². The van der Waals surface area contributed by atoms with Crippen LogP contribution >= 0.6 is 0 Å². The van der Waals surface area contributed by atoms with Crippen LogP contribution in [0.2, 0.25) is 0 Å². The Bertz CT molecular complexity index is 815. The highest BCUT2D eigenvalue weighted by molar-refractivity contribution is 5.92. The monoisotopic (exact) mass is 335 g/mol. The number of hydrogen-bond acceptors (Lipinski definition) is 3. The molecular formula is C20H21N3O2. The molecule has 0 aliphatic carbocycles. The molecule has 0 bridgehead atoms. The molecule has 25 heavy (non-hydrogen) atoms. The molecule has 1 aromatic heterocycles. The number of amides is 1. The first-order valence-corrected chi connectivity index (χ1v) is 8.25. The summed E-state index contributed by atoms with van der Waals surface area (Å²) in [6.07, 6.45) is 2.26. The van der Waals surface area contributed by atoms with E-state index in [-0.39, 0.29) is 18.6 Å². The lowest BCUT2D eigenvalue weighted by molar-refractivity contribution is 0.0698. The van der Waals surface area contributed by atoms with Crippen molar-refractivity contribution in [3.8, 4) is 5.69 Å². The third kappa shape index (κ3) is 3.78. The summed E-state index contributed by atoms with van der Waals surface area (Å²) in [5.41, 5.74) is 2.28. The fourth-order valence-electron chi connectivity index (χ4n) is 2.87. The molecule has 3 rings (SSSR count). The van der Waals surface area contributed by atoms with Crippen LogP contribution in [-0.2, 0) is 0 Å². The molecule has 5 heteroatoms. The van der Waals surface area contributed by atoms with Crippen LogP contribution in [0.4, 0.5) is 0 Å². The van der Waals surface area contributed by atoms with E-state index in [9.17, 15) is 9.90 Å². The van der Waals surface area contributed by atoms with E-state index in [0.717, 1.165) is 11.3 Å². The van der Waals surface area contributed by atoms with Crippen molar-refractivity contribution in [2.45, 2.75) is 12.5 Å². The number of aliphatic hydroxyl groups is 1. The minimum atomic E-state index is -0.194. The third-order valence-corrected chi connectivity index (χ3v) is 4.20. The van der Waals surface area contributed by atoms with E-state index >= 15 is 0 Å². The molecule has 128 valence electrons. The number of rotatable bonds is 6. The first-order chi connectivity index (χ1) is 12.2. The van der Waals surface area contributed by atoms with Gasteiger partial charge in [-0.05, 0) is 30.2 Å². The lowest BCUT2D eigenvalue weighted by Gasteiger charge is -2.27. The van der Waals surface area contributed by atoms with Crippen LogP contribution in [0.25, 0.3) is 5.69 Å². The van der Waals surface area contributed by atoms with E-state index in [1.165, 1.54) is 0 Å². The van der Waals surface area contributed by atoms with Crippen molar-refractivity contribution in [3.63, 3.8) is 0 Å². The first kappa shape index (κ1) is 16.9. The van der Waals surface area contributed by atoms with Crippen molar-refractivity contribution in [3.05, 3.63) is 84.2 Å². The fourth-order valence-corrected chi connectivity index (χ4v) is 2.87. The number of nitrogens with zero attached hydrogens (tertiary/aromatic N) is 3. The summed E-state index contributed by atoms with van der Waals surface area (Å²) < 4.78 is 1.69. The Balaban J connectivity index is 1.83. The van der Waals surface area contributed by atoms with E-state index in [1.807, 2.05) is 60.7 Å². The van der Waals surface area contributed by atoms with Crippen LogP contribution in [0, 0.1) is 0 Å². The molecule has 0 spiro atoms. The lowest BCUT2D eigenvalue weighted by atomic mass is 10.0. The summed E-state index contributed by atoms with van der Waals surface area (Å²) in [4.78, 5) is 14.5. The average molecular weight is 335 g/mol. The molecule has 0 saturated carbocycles. The van der Waals surface area contributed by atoms with Gasteiger partial charge in [0.1, 0.15) is 0 Å². The van der Waals surface area contributed by atoms with Crippen molar-refractivity contribution < 1.29 is 9.90 Å². The highest BCUT2D eigenvalue weighted by Crippen LogP contribution is 2.24. The zero-order chi connectivity index (χ0) is 17.6. The number of aliphatic hydroxyl groups excluding tert-OH is 1. The van der Waals surface area contributed by atoms with E-state index < -0.39 is 0 Å². The molecule has 1 N–H and O–H groups in total. The van der Waals surface area contributed by atoms with Gasteiger partial charge in [-0.2, -0.15) is 5.10 Å². The minimum Gasteiger partial charge on any atom is -0.396 e. The second-order valence-electron chi connectivity index (χ2n) is 5.84. The number of aromatic nitrogens is 2. The molecule has 1 atom stereocenters. The summed E-state index contributed by atoms with van der Waals surface area (Å²) in [5, 5.41) is 13.8. The Labute approximate surface area is 147 Å². The van der Waals surface area contributed by atoms with Gasteiger partial charge in [-0.1, -0.05) is 48.5 Å². The van der Waals surface area contributed by atoms with E-state index in [2.05, 4.69) is 5.10 Å². The topological polar surface area (TPSA) is 58.4 Å². The van der Waals surface area contributed by atoms with Crippen molar-refractivity contribution in [1.29, 1.82) is 0 Å². The molecule has 0 fully saturated rings. The highest BCUT2D eigenvalue weighted by Gasteiger charge is 2.24. The molecule has 1 unspecified atom stereocenters. The van der Waals surface area contributed by atoms with Crippen molar-refractivity contribution >= 4 is 5.91 Å². The normalized spacial score (nSPS) is 11.9. The van der Waals surface area contributed by atoms with Crippen molar-refractivity contribution in [1.82, 2.24) is 14.7 Å². The van der Waals surface area contributed by atoms with Crippen LogP contribution in [0.3, 0.4) is 0 Å². The third-order valence-electron chi connectivity index (χ3n) is 4.20. The smallest absolute Gasteiger partial charge is 0.274 e. The van der Waals surface area contributed by atoms with Gasteiger partial charge in [-0.15, -0.1) is 0 Å². The molecule has 0 radical (unpaired) electrons.